The van der Waals surface area contributed by atoms with Gasteiger partial charge in [0.25, 0.3) is 0 Å². The van der Waals surface area contributed by atoms with E-state index in [1.54, 1.807) is 30.3 Å². The first-order valence-corrected chi connectivity index (χ1v) is 7.94. The molecule has 1 aliphatic rings. The summed E-state index contributed by atoms with van der Waals surface area (Å²) in [5.41, 5.74) is 4.87. The van der Waals surface area contributed by atoms with Gasteiger partial charge in [0.05, 0.1) is 12.2 Å². The van der Waals surface area contributed by atoms with Gasteiger partial charge in [-0.2, -0.15) is 18.3 Å². The van der Waals surface area contributed by atoms with Gasteiger partial charge >= 0.3 is 6.18 Å². The Morgan fingerprint density at radius 2 is 1.74 bits per heavy atom. The first kappa shape index (κ1) is 18.7. The van der Waals surface area contributed by atoms with Gasteiger partial charge in [0, 0.05) is 0 Å². The largest absolute Gasteiger partial charge is 0.437 e. The van der Waals surface area contributed by atoms with E-state index >= 15 is 0 Å². The van der Waals surface area contributed by atoms with Crippen LogP contribution in [-0.2, 0) is 6.54 Å². The highest BCUT2D eigenvalue weighted by molar-refractivity contribution is 6.70. The zero-order chi connectivity index (χ0) is 19.6. The highest BCUT2D eigenvalue weighted by Gasteiger charge is 2.46. The number of amidine groups is 1. The van der Waals surface area contributed by atoms with E-state index < -0.39 is 29.7 Å². The number of nitrogens with zero attached hydrogens (tertiary/aromatic N) is 3. The van der Waals surface area contributed by atoms with Gasteiger partial charge in [-0.25, -0.2) is 10.0 Å². The Morgan fingerprint density at radius 1 is 1.11 bits per heavy atom. The summed E-state index contributed by atoms with van der Waals surface area (Å²) in [5.74, 6) is -0.436. The molecule has 0 spiro atoms. The molecule has 140 valence electrons. The fraction of sp³-hybridized carbons (Fsp3) is 0.167. The molecule has 3 rings (SSSR count). The van der Waals surface area contributed by atoms with E-state index in [-0.39, 0.29) is 12.2 Å². The standard InChI is InChI=1S/C18H16F3N5O/c19-18(20,21)15-14(24-13-8-6-12(7-9-13)17(23)27)16(22)26(25-15)10-11-4-2-1-3-5-11/h1-9,17,22,27H,10,23H2. The average Bonchev–Trinajstić information content (AvgIpc) is 2.93. The molecule has 0 radical (unpaired) electrons. The maximum Gasteiger partial charge on any atom is 0.437 e. The Labute approximate surface area is 153 Å². The van der Waals surface area contributed by atoms with E-state index in [0.717, 1.165) is 10.6 Å². The van der Waals surface area contributed by atoms with Crippen LogP contribution in [0.5, 0.6) is 0 Å². The summed E-state index contributed by atoms with van der Waals surface area (Å²) in [6.07, 6.45) is -5.94. The van der Waals surface area contributed by atoms with E-state index in [9.17, 15) is 18.3 Å². The van der Waals surface area contributed by atoms with Crippen molar-refractivity contribution in [3.63, 3.8) is 0 Å². The summed E-state index contributed by atoms with van der Waals surface area (Å²) in [4.78, 5) is 3.96. The van der Waals surface area contributed by atoms with Gasteiger partial charge < -0.3 is 10.8 Å². The lowest BCUT2D eigenvalue weighted by Crippen LogP contribution is -2.33. The molecule has 1 unspecified atom stereocenters. The summed E-state index contributed by atoms with van der Waals surface area (Å²) < 4.78 is 40.2. The first-order valence-electron chi connectivity index (χ1n) is 7.94. The molecule has 1 heterocycles. The third kappa shape index (κ3) is 4.21. The second kappa shape index (κ2) is 7.29. The van der Waals surface area contributed by atoms with Gasteiger partial charge in [0.15, 0.2) is 11.5 Å². The minimum atomic E-state index is -4.75. The number of hydrazone groups is 1. The number of benzene rings is 2. The second-order valence-corrected chi connectivity index (χ2v) is 5.84. The van der Waals surface area contributed by atoms with Crippen LogP contribution in [-0.4, -0.2) is 33.6 Å². The average molecular weight is 375 g/mol. The summed E-state index contributed by atoms with van der Waals surface area (Å²) >= 11 is 0. The second-order valence-electron chi connectivity index (χ2n) is 5.84. The van der Waals surface area contributed by atoms with Gasteiger partial charge in [-0.3, -0.25) is 5.41 Å². The predicted octanol–water partition coefficient (Wildman–Crippen LogP) is 3.12. The first-order chi connectivity index (χ1) is 12.8. The highest BCUT2D eigenvalue weighted by atomic mass is 19.4. The van der Waals surface area contributed by atoms with Crippen molar-refractivity contribution in [2.75, 3.05) is 0 Å². The SMILES string of the molecule is N=C1C(=Nc2ccc(C(N)O)cc2)C(C(F)(F)F)=NN1Cc1ccccc1. The Bertz CT molecular complexity index is 889. The molecule has 0 saturated heterocycles. The molecule has 2 aromatic carbocycles. The van der Waals surface area contributed by atoms with Crippen LogP contribution in [0.15, 0.2) is 64.7 Å². The normalized spacial score (nSPS) is 17.4. The highest BCUT2D eigenvalue weighted by Crippen LogP contribution is 2.27. The van der Waals surface area contributed by atoms with Gasteiger partial charge in [0.2, 0.25) is 0 Å². The molecule has 2 aromatic rings. The van der Waals surface area contributed by atoms with Gasteiger partial charge in [0.1, 0.15) is 11.9 Å². The van der Waals surface area contributed by atoms with Crippen LogP contribution < -0.4 is 5.73 Å². The molecule has 4 N–H and O–H groups in total. The number of aliphatic imine (C=N–C) groups is 1. The van der Waals surface area contributed by atoms with E-state index in [2.05, 4.69) is 10.1 Å². The molecule has 27 heavy (non-hydrogen) atoms. The third-order valence-electron chi connectivity index (χ3n) is 3.85. The molecule has 0 aliphatic carbocycles. The van der Waals surface area contributed by atoms with Crippen molar-refractivity contribution >= 4 is 22.9 Å². The fourth-order valence-corrected chi connectivity index (χ4v) is 2.50. The summed E-state index contributed by atoms with van der Waals surface area (Å²) in [6.45, 7) is 0.0244. The summed E-state index contributed by atoms with van der Waals surface area (Å²) in [5, 5.41) is 21.9. The van der Waals surface area contributed by atoms with Gasteiger partial charge in [-0.1, -0.05) is 42.5 Å². The van der Waals surface area contributed by atoms with Crippen molar-refractivity contribution in [2.24, 2.45) is 15.8 Å². The topological polar surface area (TPSA) is 98.1 Å². The molecule has 0 aromatic heterocycles. The van der Waals surface area contributed by atoms with E-state index in [0.29, 0.717) is 5.56 Å². The minimum absolute atomic E-state index is 0.0244. The summed E-state index contributed by atoms with van der Waals surface area (Å²) in [6, 6.07) is 14.5. The fourth-order valence-electron chi connectivity index (χ4n) is 2.50. The van der Waals surface area contributed by atoms with Crippen LogP contribution in [0.25, 0.3) is 0 Å². The number of alkyl halides is 3. The van der Waals surface area contributed by atoms with Crippen molar-refractivity contribution in [3.8, 4) is 0 Å². The van der Waals surface area contributed by atoms with Crippen LogP contribution in [0.1, 0.15) is 17.4 Å². The molecule has 0 amide bonds. The lowest BCUT2D eigenvalue weighted by Gasteiger charge is -2.13. The van der Waals surface area contributed by atoms with Crippen molar-refractivity contribution in [1.29, 1.82) is 5.41 Å². The maximum absolute atomic E-state index is 13.4. The number of hydrogen-bond donors (Lipinski definition) is 3. The Morgan fingerprint density at radius 3 is 2.30 bits per heavy atom. The Hall–Kier alpha value is -3.04. The number of aliphatic hydroxyl groups is 1. The van der Waals surface area contributed by atoms with Gasteiger partial charge in [-0.15, -0.1) is 0 Å². The number of hydrogen-bond acceptors (Lipinski definition) is 5. The smallest absolute Gasteiger partial charge is 0.375 e. The molecule has 1 atom stereocenters. The molecule has 0 fully saturated rings. The number of aliphatic hydroxyl groups excluding tert-OH is 1. The molecule has 1 aliphatic heterocycles. The summed E-state index contributed by atoms with van der Waals surface area (Å²) in [7, 11) is 0. The Kier molecular flexibility index (Phi) is 5.06. The van der Waals surface area contributed by atoms with Crippen LogP contribution in [0, 0.1) is 5.41 Å². The molecular weight excluding hydrogens is 359 g/mol. The van der Waals surface area contributed by atoms with Crippen LogP contribution in [0.4, 0.5) is 18.9 Å². The lowest BCUT2D eigenvalue weighted by molar-refractivity contribution is -0.0571. The van der Waals surface area contributed by atoms with E-state index in [1.165, 1.54) is 24.3 Å². The van der Waals surface area contributed by atoms with Crippen molar-refractivity contribution in [1.82, 2.24) is 5.01 Å². The monoisotopic (exact) mass is 375 g/mol. The third-order valence-corrected chi connectivity index (χ3v) is 3.85. The zero-order valence-electron chi connectivity index (χ0n) is 14.0. The lowest BCUT2D eigenvalue weighted by atomic mass is 10.1. The molecule has 0 saturated carbocycles. The van der Waals surface area contributed by atoms with Crippen molar-refractivity contribution in [3.05, 3.63) is 65.7 Å². The number of rotatable bonds is 4. The number of nitrogens with one attached hydrogen (secondary N) is 1. The Balaban J connectivity index is 1.93. The number of nitrogens with two attached hydrogens (primary N) is 1. The molecule has 0 bridgehead atoms. The van der Waals surface area contributed by atoms with Gasteiger partial charge in [-0.05, 0) is 23.3 Å². The minimum Gasteiger partial charge on any atom is -0.375 e. The van der Waals surface area contributed by atoms with Crippen LogP contribution in [0.3, 0.4) is 0 Å². The van der Waals surface area contributed by atoms with E-state index in [4.69, 9.17) is 11.1 Å². The molecule has 6 nitrogen and oxygen atoms in total. The predicted molar refractivity (Wildman–Crippen MR) is 95.9 cm³/mol. The van der Waals surface area contributed by atoms with E-state index in [1.807, 2.05) is 0 Å². The number of halogens is 3. The van der Waals surface area contributed by atoms with Crippen LogP contribution >= 0.6 is 0 Å². The molecular formula is C18H16F3N5O. The van der Waals surface area contributed by atoms with Crippen molar-refractivity contribution in [2.45, 2.75) is 18.9 Å². The van der Waals surface area contributed by atoms with Crippen molar-refractivity contribution < 1.29 is 18.3 Å². The quantitative estimate of drug-likeness (QED) is 0.716. The molecule has 9 heteroatoms. The zero-order valence-corrected chi connectivity index (χ0v) is 14.0. The van der Waals surface area contributed by atoms with Crippen LogP contribution in [0.2, 0.25) is 0 Å². The maximum atomic E-state index is 13.4.